The molecule has 1 aliphatic rings. The van der Waals surface area contributed by atoms with Crippen molar-refractivity contribution in [2.45, 2.75) is 352 Å². The monoisotopic (exact) mass is 1010 g/mol. The fraction of sp³-hybridized carbons (Fsp3) is 0.919. The van der Waals surface area contributed by atoms with Crippen LogP contribution in [-0.2, 0) is 14.3 Å². The molecule has 0 aliphatic carbocycles. The van der Waals surface area contributed by atoms with Crippen LogP contribution in [0.2, 0.25) is 0 Å². The van der Waals surface area contributed by atoms with Gasteiger partial charge in [0.2, 0.25) is 5.91 Å². The van der Waals surface area contributed by atoms with Gasteiger partial charge in [0.15, 0.2) is 6.29 Å². The Kier molecular flexibility index (Phi) is 49.7. The second-order valence-corrected chi connectivity index (χ2v) is 21.9. The molecule has 1 aliphatic heterocycles. The first-order chi connectivity index (χ1) is 34.8. The summed E-state index contributed by atoms with van der Waals surface area (Å²) in [5, 5.41) is 54.5. The molecule has 7 unspecified atom stereocenters. The van der Waals surface area contributed by atoms with E-state index in [-0.39, 0.29) is 12.5 Å². The fourth-order valence-electron chi connectivity index (χ4n) is 10.1. The number of hydrogen-bond donors (Lipinski definition) is 6. The Morgan fingerprint density at radius 3 is 1.18 bits per heavy atom. The summed E-state index contributed by atoms with van der Waals surface area (Å²) in [5.41, 5.74) is 0. The molecule has 0 spiro atoms. The molecular formula is C62H119NO8. The lowest BCUT2D eigenvalue weighted by atomic mass is 9.99. The second kappa shape index (κ2) is 52.1. The number of rotatable bonds is 54. The molecule has 0 aromatic carbocycles. The minimum Gasteiger partial charge on any atom is -0.394 e. The number of aliphatic hydroxyl groups excluding tert-OH is 5. The molecule has 71 heavy (non-hydrogen) atoms. The Labute approximate surface area is 439 Å². The number of carbonyl (C=O) groups excluding carboxylic acids is 1. The Morgan fingerprint density at radius 1 is 0.465 bits per heavy atom. The molecule has 9 nitrogen and oxygen atoms in total. The summed E-state index contributed by atoms with van der Waals surface area (Å²) in [6, 6.07) is -0.819. The van der Waals surface area contributed by atoms with Gasteiger partial charge in [-0.25, -0.2) is 0 Å². The topological polar surface area (TPSA) is 149 Å². The predicted octanol–water partition coefficient (Wildman–Crippen LogP) is 15.7. The Morgan fingerprint density at radius 2 is 0.803 bits per heavy atom. The fourth-order valence-corrected chi connectivity index (χ4v) is 10.1. The van der Waals surface area contributed by atoms with Crippen LogP contribution in [0.25, 0.3) is 0 Å². The van der Waals surface area contributed by atoms with Crippen LogP contribution in [0.4, 0.5) is 0 Å². The summed E-state index contributed by atoms with van der Waals surface area (Å²) in [7, 11) is 0. The zero-order valence-corrected chi connectivity index (χ0v) is 46.8. The van der Waals surface area contributed by atoms with Crippen LogP contribution < -0.4 is 5.32 Å². The largest absolute Gasteiger partial charge is 0.394 e. The van der Waals surface area contributed by atoms with E-state index in [0.717, 1.165) is 38.5 Å². The van der Waals surface area contributed by atoms with Crippen molar-refractivity contribution >= 4 is 5.91 Å². The molecule has 7 atom stereocenters. The normalized spacial score (nSPS) is 19.3. The summed E-state index contributed by atoms with van der Waals surface area (Å²) < 4.78 is 11.3. The molecule has 0 aromatic rings. The molecular weight excluding hydrogens is 887 g/mol. The molecule has 420 valence electrons. The van der Waals surface area contributed by atoms with Crippen LogP contribution in [-0.4, -0.2) is 87.5 Å². The lowest BCUT2D eigenvalue weighted by Crippen LogP contribution is -2.60. The van der Waals surface area contributed by atoms with Gasteiger partial charge in [-0.05, 0) is 32.1 Å². The molecule has 1 amide bonds. The maximum Gasteiger partial charge on any atom is 0.220 e. The van der Waals surface area contributed by atoms with Crippen molar-refractivity contribution in [2.75, 3.05) is 13.2 Å². The maximum absolute atomic E-state index is 13.0. The van der Waals surface area contributed by atoms with Gasteiger partial charge < -0.3 is 40.3 Å². The molecule has 0 aromatic heterocycles. The first-order valence-electron chi connectivity index (χ1n) is 31.1. The summed E-state index contributed by atoms with van der Waals surface area (Å²) in [5.74, 6) is -0.181. The Balaban J connectivity index is 2.17. The van der Waals surface area contributed by atoms with Crippen molar-refractivity contribution in [1.29, 1.82) is 0 Å². The van der Waals surface area contributed by atoms with E-state index >= 15 is 0 Å². The van der Waals surface area contributed by atoms with E-state index in [0.29, 0.717) is 6.42 Å². The smallest absolute Gasteiger partial charge is 0.220 e. The predicted molar refractivity (Wildman–Crippen MR) is 300 cm³/mol. The van der Waals surface area contributed by atoms with Gasteiger partial charge in [-0.2, -0.15) is 0 Å². The van der Waals surface area contributed by atoms with Gasteiger partial charge in [-0.3, -0.25) is 4.79 Å². The third kappa shape index (κ3) is 41.6. The molecule has 1 rings (SSSR count). The summed E-state index contributed by atoms with van der Waals surface area (Å²) in [4.78, 5) is 13.0. The number of carbonyl (C=O) groups is 1. The zero-order valence-electron chi connectivity index (χ0n) is 46.8. The molecule has 1 fully saturated rings. The average molecular weight is 1010 g/mol. The van der Waals surface area contributed by atoms with Crippen molar-refractivity contribution in [3.8, 4) is 0 Å². The lowest BCUT2D eigenvalue weighted by molar-refractivity contribution is -0.302. The SMILES string of the molecule is CCCCCCCCCCCCCCCCCCCCCCCCCCC/C=C/CC/C=C/C(O)C(COC1OC(CO)C(O)C(O)C1O)NC(=O)CCCCCCCCCCCCCCCCCCC. The van der Waals surface area contributed by atoms with Crippen molar-refractivity contribution in [3.63, 3.8) is 0 Å². The van der Waals surface area contributed by atoms with Crippen LogP contribution in [0.1, 0.15) is 309 Å². The molecule has 0 bridgehead atoms. The van der Waals surface area contributed by atoms with Gasteiger partial charge in [0.25, 0.3) is 0 Å². The highest BCUT2D eigenvalue weighted by Crippen LogP contribution is 2.23. The van der Waals surface area contributed by atoms with E-state index in [4.69, 9.17) is 9.47 Å². The van der Waals surface area contributed by atoms with E-state index in [2.05, 4.69) is 31.3 Å². The van der Waals surface area contributed by atoms with Crippen molar-refractivity contribution in [2.24, 2.45) is 0 Å². The van der Waals surface area contributed by atoms with Crippen LogP contribution in [0.5, 0.6) is 0 Å². The van der Waals surface area contributed by atoms with Gasteiger partial charge in [0.05, 0.1) is 25.4 Å². The first kappa shape index (κ1) is 67.7. The van der Waals surface area contributed by atoms with Crippen LogP contribution in [0, 0.1) is 0 Å². The lowest BCUT2D eigenvalue weighted by Gasteiger charge is -2.40. The molecule has 1 saturated heterocycles. The van der Waals surface area contributed by atoms with Crippen LogP contribution in [0.15, 0.2) is 24.3 Å². The summed E-state index contributed by atoms with van der Waals surface area (Å²) >= 11 is 0. The highest BCUT2D eigenvalue weighted by atomic mass is 16.7. The third-order valence-corrected chi connectivity index (χ3v) is 15.0. The molecule has 0 radical (unpaired) electrons. The molecule has 0 saturated carbocycles. The summed E-state index contributed by atoms with van der Waals surface area (Å²) in [6.07, 6.45) is 59.8. The number of nitrogens with one attached hydrogen (secondary N) is 1. The van der Waals surface area contributed by atoms with E-state index in [1.54, 1.807) is 6.08 Å². The highest BCUT2D eigenvalue weighted by molar-refractivity contribution is 5.76. The van der Waals surface area contributed by atoms with E-state index < -0.39 is 49.5 Å². The first-order valence-corrected chi connectivity index (χ1v) is 31.1. The summed E-state index contributed by atoms with van der Waals surface area (Å²) in [6.45, 7) is 3.81. The number of hydrogen-bond acceptors (Lipinski definition) is 8. The number of allylic oxidation sites excluding steroid dienone is 3. The van der Waals surface area contributed by atoms with E-state index in [1.807, 2.05) is 6.08 Å². The van der Waals surface area contributed by atoms with Crippen molar-refractivity contribution < 1.29 is 39.8 Å². The quantitative estimate of drug-likeness (QED) is 0.0261. The minimum absolute atomic E-state index is 0.181. The Bertz CT molecular complexity index is 1170. The highest BCUT2D eigenvalue weighted by Gasteiger charge is 2.44. The van der Waals surface area contributed by atoms with E-state index in [1.165, 1.54) is 250 Å². The van der Waals surface area contributed by atoms with Gasteiger partial charge in [-0.1, -0.05) is 295 Å². The van der Waals surface area contributed by atoms with Gasteiger partial charge in [0, 0.05) is 6.42 Å². The number of amides is 1. The van der Waals surface area contributed by atoms with Crippen LogP contribution >= 0.6 is 0 Å². The Hall–Kier alpha value is -1.33. The number of aliphatic hydroxyl groups is 5. The minimum atomic E-state index is -1.57. The molecule has 1 heterocycles. The van der Waals surface area contributed by atoms with Gasteiger partial charge >= 0.3 is 0 Å². The molecule has 6 N–H and O–H groups in total. The molecule has 9 heteroatoms. The van der Waals surface area contributed by atoms with Crippen molar-refractivity contribution in [3.05, 3.63) is 24.3 Å². The van der Waals surface area contributed by atoms with Gasteiger partial charge in [0.1, 0.15) is 24.4 Å². The standard InChI is InChI=1S/C62H119NO8/c1-3-5-7-9-11-13-15-17-19-21-22-23-24-25-26-27-28-29-30-31-32-33-34-36-37-39-41-43-45-47-49-51-56(65)55(54-70-62-61(69)60(68)59(67)57(53-64)71-62)63-58(66)52-50-48-46-44-42-40-38-35-20-18-16-14-12-10-8-6-4-2/h41,43,49,51,55-57,59-62,64-65,67-69H,3-40,42,44-48,50,52-54H2,1-2H3,(H,63,66)/b43-41+,51-49+. The second-order valence-electron chi connectivity index (χ2n) is 21.9. The van der Waals surface area contributed by atoms with Gasteiger partial charge in [-0.15, -0.1) is 0 Å². The zero-order chi connectivity index (χ0) is 51.5. The number of ether oxygens (including phenoxy) is 2. The maximum atomic E-state index is 13.0. The van der Waals surface area contributed by atoms with Crippen molar-refractivity contribution in [1.82, 2.24) is 5.32 Å². The van der Waals surface area contributed by atoms with Crippen LogP contribution in [0.3, 0.4) is 0 Å². The number of unbranched alkanes of at least 4 members (excludes halogenated alkanes) is 42. The van der Waals surface area contributed by atoms with E-state index in [9.17, 15) is 30.3 Å². The third-order valence-electron chi connectivity index (χ3n) is 15.0. The average Bonchev–Trinajstić information content (AvgIpc) is 3.37.